The maximum atomic E-state index is 13.3. The molecule has 0 aliphatic carbocycles. The molecule has 15 heavy (non-hydrogen) atoms. The topological polar surface area (TPSA) is 12.5 Å². The largest absolute Gasteiger partial charge is 0.489 e. The molecule has 0 saturated heterocycles. The number of benzene rings is 1. The van der Waals surface area contributed by atoms with Crippen molar-refractivity contribution in [2.75, 3.05) is 24.6 Å². The second kappa shape index (κ2) is 4.39. The van der Waals surface area contributed by atoms with Crippen LogP contribution in [0.1, 0.15) is 13.3 Å². The number of ether oxygens (including phenoxy) is 1. The molecule has 2 nitrogen and oxygen atoms in total. The van der Waals surface area contributed by atoms with E-state index in [2.05, 4.69) is 27.8 Å². The van der Waals surface area contributed by atoms with Crippen LogP contribution in [0.15, 0.2) is 16.6 Å². The van der Waals surface area contributed by atoms with Crippen LogP contribution in [0.4, 0.5) is 10.1 Å². The second-order valence-electron chi connectivity index (χ2n) is 3.57. The summed E-state index contributed by atoms with van der Waals surface area (Å²) in [6, 6.07) is 3.24. The van der Waals surface area contributed by atoms with Crippen molar-refractivity contribution in [3.05, 3.63) is 22.4 Å². The Balaban J connectivity index is 2.38. The van der Waals surface area contributed by atoms with Gasteiger partial charge in [-0.1, -0.05) is 6.92 Å². The maximum Gasteiger partial charge on any atom is 0.145 e. The Hall–Kier alpha value is -0.770. The van der Waals surface area contributed by atoms with Crippen LogP contribution in [0.25, 0.3) is 0 Å². The van der Waals surface area contributed by atoms with Crippen molar-refractivity contribution in [2.24, 2.45) is 0 Å². The van der Waals surface area contributed by atoms with E-state index in [4.69, 9.17) is 4.74 Å². The molecule has 0 aromatic heterocycles. The maximum absolute atomic E-state index is 13.3. The molecule has 1 aliphatic heterocycles. The normalized spacial score (nSPS) is 14.7. The average Bonchev–Trinajstić information content (AvgIpc) is 2.21. The molecule has 0 unspecified atom stereocenters. The van der Waals surface area contributed by atoms with E-state index >= 15 is 0 Å². The fourth-order valence-electron chi connectivity index (χ4n) is 1.77. The Morgan fingerprint density at radius 3 is 3.07 bits per heavy atom. The molecule has 0 bridgehead atoms. The number of nitrogens with zero attached hydrogens (tertiary/aromatic N) is 1. The molecule has 1 aromatic carbocycles. The molecule has 1 aliphatic rings. The summed E-state index contributed by atoms with van der Waals surface area (Å²) in [7, 11) is 0. The second-order valence-corrected chi connectivity index (χ2v) is 4.42. The molecule has 1 heterocycles. The quantitative estimate of drug-likeness (QED) is 0.821. The molecule has 82 valence electrons. The monoisotopic (exact) mass is 273 g/mol. The van der Waals surface area contributed by atoms with Gasteiger partial charge in [-0.2, -0.15) is 0 Å². The first kappa shape index (κ1) is 10.7. The van der Waals surface area contributed by atoms with Gasteiger partial charge in [0.1, 0.15) is 18.2 Å². The smallest absolute Gasteiger partial charge is 0.145 e. The van der Waals surface area contributed by atoms with E-state index in [9.17, 15) is 4.39 Å². The van der Waals surface area contributed by atoms with Crippen LogP contribution >= 0.6 is 15.9 Å². The third-order valence-electron chi connectivity index (χ3n) is 2.45. The molecule has 2 rings (SSSR count). The number of anilines is 1. The van der Waals surface area contributed by atoms with Crippen molar-refractivity contribution in [2.45, 2.75) is 13.3 Å². The van der Waals surface area contributed by atoms with E-state index in [-0.39, 0.29) is 5.82 Å². The van der Waals surface area contributed by atoms with E-state index in [0.717, 1.165) is 25.2 Å². The van der Waals surface area contributed by atoms with E-state index < -0.39 is 0 Å². The lowest BCUT2D eigenvalue weighted by Gasteiger charge is -2.31. The van der Waals surface area contributed by atoms with Crippen LogP contribution in [0, 0.1) is 5.82 Å². The summed E-state index contributed by atoms with van der Waals surface area (Å²) in [5.41, 5.74) is 0.983. The van der Waals surface area contributed by atoms with E-state index in [1.165, 1.54) is 6.07 Å². The van der Waals surface area contributed by atoms with Gasteiger partial charge in [-0.05, 0) is 28.4 Å². The molecule has 0 spiro atoms. The highest BCUT2D eigenvalue weighted by atomic mass is 79.9. The first-order valence-electron chi connectivity index (χ1n) is 5.09. The number of halogens is 2. The highest BCUT2D eigenvalue weighted by Gasteiger charge is 2.19. The summed E-state index contributed by atoms with van der Waals surface area (Å²) in [5, 5.41) is 0. The Morgan fingerprint density at radius 1 is 1.53 bits per heavy atom. The lowest BCUT2D eigenvalue weighted by atomic mass is 10.2. The van der Waals surface area contributed by atoms with Crippen LogP contribution in [0.5, 0.6) is 5.75 Å². The van der Waals surface area contributed by atoms with E-state index in [1.54, 1.807) is 6.07 Å². The van der Waals surface area contributed by atoms with Crippen molar-refractivity contribution < 1.29 is 9.13 Å². The molecule has 1 aromatic rings. The lowest BCUT2D eigenvalue weighted by Crippen LogP contribution is -2.33. The summed E-state index contributed by atoms with van der Waals surface area (Å²) in [6.45, 7) is 4.62. The van der Waals surface area contributed by atoms with Gasteiger partial charge in [0, 0.05) is 12.6 Å². The molecule has 0 radical (unpaired) electrons. The van der Waals surface area contributed by atoms with Gasteiger partial charge < -0.3 is 9.64 Å². The van der Waals surface area contributed by atoms with Crippen molar-refractivity contribution in [3.63, 3.8) is 0 Å². The summed E-state index contributed by atoms with van der Waals surface area (Å²) < 4.78 is 19.2. The van der Waals surface area contributed by atoms with Crippen molar-refractivity contribution in [1.82, 2.24) is 0 Å². The zero-order valence-electron chi connectivity index (χ0n) is 8.59. The minimum atomic E-state index is -0.271. The van der Waals surface area contributed by atoms with E-state index in [0.29, 0.717) is 16.8 Å². The van der Waals surface area contributed by atoms with Gasteiger partial charge in [0.15, 0.2) is 0 Å². The molecule has 0 atom stereocenters. The fourth-order valence-corrected chi connectivity index (χ4v) is 2.10. The van der Waals surface area contributed by atoms with Crippen LogP contribution < -0.4 is 9.64 Å². The number of hydrogen-bond acceptors (Lipinski definition) is 2. The van der Waals surface area contributed by atoms with Crippen LogP contribution in [-0.2, 0) is 0 Å². The van der Waals surface area contributed by atoms with Crippen LogP contribution in [0.3, 0.4) is 0 Å². The standard InChI is InChI=1S/C11H13BrFNO/c1-2-3-14-4-5-15-11-7-9(13)8(12)6-10(11)14/h6-7H,2-5H2,1H3. The minimum absolute atomic E-state index is 0.271. The third kappa shape index (κ3) is 2.09. The zero-order chi connectivity index (χ0) is 10.8. The van der Waals surface area contributed by atoms with Crippen molar-refractivity contribution in [3.8, 4) is 5.75 Å². The minimum Gasteiger partial charge on any atom is -0.489 e. The number of hydrogen-bond donors (Lipinski definition) is 0. The number of rotatable bonds is 2. The summed E-state index contributed by atoms with van der Waals surface area (Å²) in [6.07, 6.45) is 1.08. The molecule has 0 fully saturated rings. The molecule has 4 heteroatoms. The Bertz CT molecular complexity index is 370. The number of fused-ring (bicyclic) bond motifs is 1. The molecule has 0 saturated carbocycles. The van der Waals surface area contributed by atoms with Gasteiger partial charge in [0.25, 0.3) is 0 Å². The highest BCUT2D eigenvalue weighted by molar-refractivity contribution is 9.10. The van der Waals surface area contributed by atoms with Crippen molar-refractivity contribution in [1.29, 1.82) is 0 Å². The first-order chi connectivity index (χ1) is 7.22. The van der Waals surface area contributed by atoms with Crippen molar-refractivity contribution >= 4 is 21.6 Å². The lowest BCUT2D eigenvalue weighted by molar-refractivity contribution is 0.305. The van der Waals surface area contributed by atoms with Gasteiger partial charge >= 0.3 is 0 Å². The van der Waals surface area contributed by atoms with Gasteiger partial charge in [0.2, 0.25) is 0 Å². The molecule has 0 N–H and O–H groups in total. The average molecular weight is 274 g/mol. The fraction of sp³-hybridized carbons (Fsp3) is 0.455. The Labute approximate surface area is 97.2 Å². The Morgan fingerprint density at radius 2 is 2.33 bits per heavy atom. The van der Waals surface area contributed by atoms with E-state index in [1.807, 2.05) is 0 Å². The van der Waals surface area contributed by atoms with Crippen LogP contribution in [0.2, 0.25) is 0 Å². The summed E-state index contributed by atoms with van der Waals surface area (Å²) >= 11 is 3.20. The molecule has 0 amide bonds. The summed E-state index contributed by atoms with van der Waals surface area (Å²) in [4.78, 5) is 2.23. The predicted octanol–water partition coefficient (Wildman–Crippen LogP) is 3.20. The third-order valence-corrected chi connectivity index (χ3v) is 3.06. The zero-order valence-corrected chi connectivity index (χ0v) is 10.2. The van der Waals surface area contributed by atoms with Gasteiger partial charge in [0.05, 0.1) is 16.7 Å². The van der Waals surface area contributed by atoms with Crippen LogP contribution in [-0.4, -0.2) is 19.7 Å². The summed E-state index contributed by atoms with van der Waals surface area (Å²) in [5.74, 6) is 0.377. The SMILES string of the molecule is CCCN1CCOc2cc(F)c(Br)cc21. The first-order valence-corrected chi connectivity index (χ1v) is 5.88. The molecular formula is C11H13BrFNO. The van der Waals surface area contributed by atoms with Gasteiger partial charge in [-0.15, -0.1) is 0 Å². The Kier molecular flexibility index (Phi) is 3.14. The highest BCUT2D eigenvalue weighted by Crippen LogP contribution is 2.35. The predicted molar refractivity (Wildman–Crippen MR) is 62.1 cm³/mol. The molecular weight excluding hydrogens is 261 g/mol. The van der Waals surface area contributed by atoms with Gasteiger partial charge in [-0.3, -0.25) is 0 Å². The van der Waals surface area contributed by atoms with Gasteiger partial charge in [-0.25, -0.2) is 4.39 Å².